The Kier molecular flexibility index (Phi) is 5.45. The molecule has 0 atom stereocenters. The number of amides is 1. The molecule has 9 heteroatoms. The van der Waals surface area contributed by atoms with Crippen molar-refractivity contribution in [2.75, 3.05) is 20.3 Å². The number of aromatic nitrogens is 1. The van der Waals surface area contributed by atoms with Crippen LogP contribution in [0.4, 0.5) is 9.18 Å². The molecule has 0 aliphatic rings. The summed E-state index contributed by atoms with van der Waals surface area (Å²) in [6, 6.07) is 2.41. The molecule has 0 saturated heterocycles. The van der Waals surface area contributed by atoms with E-state index in [0.717, 1.165) is 13.2 Å². The molecule has 1 N–H and O–H groups in total. The molecule has 2 rings (SSSR count). The summed E-state index contributed by atoms with van der Waals surface area (Å²) in [6.07, 6.45) is -0.595. The number of fused-ring (bicyclic) bond motifs is 1. The molecule has 0 unspecified atom stereocenters. The molecule has 0 aliphatic carbocycles. The van der Waals surface area contributed by atoms with E-state index in [1.165, 1.54) is 6.07 Å². The average molecular weight is 354 g/mol. The maximum absolute atomic E-state index is 14.0. The number of hydrogen-bond donors (Lipinski definition) is 1. The molecule has 25 heavy (non-hydrogen) atoms. The normalized spacial score (nSPS) is 11.2. The molecule has 136 valence electrons. The van der Waals surface area contributed by atoms with Crippen molar-refractivity contribution in [3.63, 3.8) is 0 Å². The number of esters is 1. The van der Waals surface area contributed by atoms with E-state index in [1.54, 1.807) is 20.8 Å². The minimum Gasteiger partial charge on any atom is -0.473 e. The molecule has 0 radical (unpaired) electrons. The first-order valence-corrected chi connectivity index (χ1v) is 7.49. The summed E-state index contributed by atoms with van der Waals surface area (Å²) in [5.74, 6) is -1.72. The van der Waals surface area contributed by atoms with E-state index < -0.39 is 23.5 Å². The number of nitrogens with zero attached hydrogens (tertiary/aromatic N) is 1. The van der Waals surface area contributed by atoms with E-state index in [1.807, 2.05) is 0 Å². The Morgan fingerprint density at radius 3 is 2.68 bits per heavy atom. The van der Waals surface area contributed by atoms with Gasteiger partial charge in [0.2, 0.25) is 0 Å². The third-order valence-electron chi connectivity index (χ3n) is 2.96. The molecule has 0 saturated carbocycles. The summed E-state index contributed by atoms with van der Waals surface area (Å²) in [6.45, 7) is 5.36. The van der Waals surface area contributed by atoms with Crippen LogP contribution in [-0.2, 0) is 9.47 Å². The maximum atomic E-state index is 14.0. The standard InChI is InChI=1S/C16H19FN2O6/c1-16(2,3)24-15(21)18-7-8-23-13-12-10(25-19-13)6-5-9(17)11(12)14(20)22-4/h5-6H,7-8H2,1-4H3,(H,18,21). The van der Waals surface area contributed by atoms with Gasteiger partial charge in [-0.3, -0.25) is 0 Å². The number of alkyl carbamates (subject to hydrolysis) is 1. The first-order chi connectivity index (χ1) is 11.7. The molecular formula is C16H19FN2O6. The molecule has 0 aliphatic heterocycles. The Morgan fingerprint density at radius 1 is 1.32 bits per heavy atom. The number of nitrogens with one attached hydrogen (secondary N) is 1. The molecule has 0 bridgehead atoms. The van der Waals surface area contributed by atoms with Crippen molar-refractivity contribution in [1.29, 1.82) is 0 Å². The van der Waals surface area contributed by atoms with Crippen molar-refractivity contribution >= 4 is 23.0 Å². The second kappa shape index (κ2) is 7.37. The first kappa shape index (κ1) is 18.5. The molecule has 0 spiro atoms. The van der Waals surface area contributed by atoms with Gasteiger partial charge >= 0.3 is 12.1 Å². The average Bonchev–Trinajstić information content (AvgIpc) is 2.92. The fourth-order valence-electron chi connectivity index (χ4n) is 2.00. The smallest absolute Gasteiger partial charge is 0.407 e. The number of benzene rings is 1. The van der Waals surface area contributed by atoms with Crippen molar-refractivity contribution in [1.82, 2.24) is 10.5 Å². The van der Waals surface area contributed by atoms with Gasteiger partial charge in [0.1, 0.15) is 29.0 Å². The Balaban J connectivity index is 2.06. The maximum Gasteiger partial charge on any atom is 0.407 e. The Morgan fingerprint density at radius 2 is 2.04 bits per heavy atom. The van der Waals surface area contributed by atoms with Gasteiger partial charge in [0, 0.05) is 0 Å². The molecule has 0 fully saturated rings. The molecule has 1 aromatic heterocycles. The number of hydrogen-bond acceptors (Lipinski definition) is 7. The van der Waals surface area contributed by atoms with Crippen molar-refractivity contribution < 1.29 is 32.7 Å². The number of rotatable bonds is 5. The van der Waals surface area contributed by atoms with Crippen molar-refractivity contribution in [2.24, 2.45) is 0 Å². The minimum absolute atomic E-state index is 0.0119. The highest BCUT2D eigenvalue weighted by Crippen LogP contribution is 2.30. The lowest BCUT2D eigenvalue weighted by Crippen LogP contribution is -2.34. The SMILES string of the molecule is COC(=O)c1c(F)ccc2onc(OCCNC(=O)OC(C)(C)C)c12. The summed E-state index contributed by atoms with van der Waals surface area (Å²) in [5, 5.41) is 6.25. The zero-order valence-electron chi connectivity index (χ0n) is 14.3. The Bertz CT molecular complexity index is 781. The summed E-state index contributed by atoms with van der Waals surface area (Å²) in [4.78, 5) is 23.3. The van der Waals surface area contributed by atoms with Gasteiger partial charge in [-0.15, -0.1) is 0 Å². The van der Waals surface area contributed by atoms with Gasteiger partial charge in [0.15, 0.2) is 5.58 Å². The minimum atomic E-state index is -0.872. The third-order valence-corrected chi connectivity index (χ3v) is 2.96. The quantitative estimate of drug-likeness (QED) is 0.651. The van der Waals surface area contributed by atoms with Gasteiger partial charge in [-0.2, -0.15) is 0 Å². The van der Waals surface area contributed by atoms with Crippen LogP contribution in [-0.4, -0.2) is 43.1 Å². The fraction of sp³-hybridized carbons (Fsp3) is 0.438. The molecule has 1 aromatic carbocycles. The highest BCUT2D eigenvalue weighted by Gasteiger charge is 2.23. The second-order valence-electron chi connectivity index (χ2n) is 6.05. The predicted octanol–water partition coefficient (Wildman–Crippen LogP) is 2.66. The van der Waals surface area contributed by atoms with Crippen LogP contribution in [0.5, 0.6) is 5.88 Å². The van der Waals surface area contributed by atoms with E-state index in [2.05, 4.69) is 15.2 Å². The van der Waals surface area contributed by atoms with Crippen LogP contribution in [0, 0.1) is 5.82 Å². The van der Waals surface area contributed by atoms with Crippen LogP contribution in [0.2, 0.25) is 0 Å². The highest BCUT2D eigenvalue weighted by molar-refractivity contribution is 6.05. The van der Waals surface area contributed by atoms with Crippen LogP contribution in [0.3, 0.4) is 0 Å². The molecule has 1 amide bonds. The lowest BCUT2D eigenvalue weighted by Gasteiger charge is -2.19. The van der Waals surface area contributed by atoms with Gasteiger partial charge in [-0.05, 0) is 38.1 Å². The predicted molar refractivity (Wildman–Crippen MR) is 85.0 cm³/mol. The zero-order valence-corrected chi connectivity index (χ0v) is 14.3. The van der Waals surface area contributed by atoms with Crippen LogP contribution < -0.4 is 10.1 Å². The first-order valence-electron chi connectivity index (χ1n) is 7.49. The van der Waals surface area contributed by atoms with Crippen molar-refractivity contribution in [3.05, 3.63) is 23.5 Å². The van der Waals surface area contributed by atoms with Gasteiger partial charge < -0.3 is 24.1 Å². The van der Waals surface area contributed by atoms with Crippen LogP contribution in [0.1, 0.15) is 31.1 Å². The number of carbonyl (C=O) groups excluding carboxylic acids is 2. The topological polar surface area (TPSA) is 99.9 Å². The highest BCUT2D eigenvalue weighted by atomic mass is 19.1. The Hall–Kier alpha value is -2.84. The number of ether oxygens (including phenoxy) is 3. The Labute approximate surface area is 143 Å². The fourth-order valence-corrected chi connectivity index (χ4v) is 2.00. The van der Waals surface area contributed by atoms with Gasteiger partial charge in [0.25, 0.3) is 5.88 Å². The van der Waals surface area contributed by atoms with Gasteiger partial charge in [0.05, 0.1) is 13.7 Å². The van der Waals surface area contributed by atoms with E-state index in [4.69, 9.17) is 14.0 Å². The van der Waals surface area contributed by atoms with E-state index in [-0.39, 0.29) is 35.6 Å². The van der Waals surface area contributed by atoms with Crippen molar-refractivity contribution in [2.45, 2.75) is 26.4 Å². The molecular weight excluding hydrogens is 335 g/mol. The summed E-state index contributed by atoms with van der Waals surface area (Å²) in [5.41, 5.74) is -0.756. The van der Waals surface area contributed by atoms with Crippen LogP contribution in [0.15, 0.2) is 16.7 Å². The number of halogens is 1. The molecule has 1 heterocycles. The second-order valence-corrected chi connectivity index (χ2v) is 6.05. The van der Waals surface area contributed by atoms with E-state index >= 15 is 0 Å². The third kappa shape index (κ3) is 4.59. The summed E-state index contributed by atoms with van der Waals surface area (Å²) in [7, 11) is 1.14. The monoisotopic (exact) mass is 354 g/mol. The van der Waals surface area contributed by atoms with Crippen LogP contribution in [0.25, 0.3) is 11.0 Å². The lowest BCUT2D eigenvalue weighted by atomic mass is 10.1. The number of methoxy groups -OCH3 is 1. The molecule has 8 nitrogen and oxygen atoms in total. The largest absolute Gasteiger partial charge is 0.473 e. The van der Waals surface area contributed by atoms with Gasteiger partial charge in [-0.1, -0.05) is 0 Å². The van der Waals surface area contributed by atoms with Gasteiger partial charge in [-0.25, -0.2) is 14.0 Å². The van der Waals surface area contributed by atoms with E-state index in [0.29, 0.717) is 0 Å². The van der Waals surface area contributed by atoms with Crippen molar-refractivity contribution in [3.8, 4) is 5.88 Å². The van der Waals surface area contributed by atoms with Crippen LogP contribution >= 0.6 is 0 Å². The summed E-state index contributed by atoms with van der Waals surface area (Å²) >= 11 is 0. The van der Waals surface area contributed by atoms with E-state index in [9.17, 15) is 14.0 Å². The summed E-state index contributed by atoms with van der Waals surface area (Å²) < 4.78 is 34.0. The zero-order chi connectivity index (χ0) is 18.6. The molecule has 2 aromatic rings. The lowest BCUT2D eigenvalue weighted by molar-refractivity contribution is 0.0519. The number of carbonyl (C=O) groups is 2.